The molecule has 0 radical (unpaired) electrons. The molecule has 1 amide bonds. The average molecular weight is 229 g/mol. The Kier molecular flexibility index (Phi) is 5.06. The van der Waals surface area contributed by atoms with Crippen LogP contribution in [0.15, 0.2) is 0 Å². The Hall–Kier alpha value is -1.31. The normalized spacial score (nSPS) is 13.1. The Bertz CT molecular complexity index is 241. The lowest BCUT2D eigenvalue weighted by molar-refractivity contribution is -0.174. The molecule has 0 heterocycles. The van der Waals surface area contributed by atoms with Crippen LogP contribution in [0, 0.1) is 0 Å². The fourth-order valence-corrected chi connectivity index (χ4v) is 0.713. The molecule has 0 aromatic rings. The third-order valence-corrected chi connectivity index (χ3v) is 1.45. The molecular weight excluding hydrogens is 219 g/mol. The second-order valence-electron chi connectivity index (χ2n) is 2.63. The number of nitrogens with one attached hydrogen (secondary N) is 1. The van der Waals surface area contributed by atoms with Crippen molar-refractivity contribution in [2.45, 2.75) is 18.6 Å². The minimum atomic E-state index is -5.04. The molecule has 0 aromatic carbocycles. The van der Waals surface area contributed by atoms with Gasteiger partial charge in [-0.25, -0.2) is 0 Å². The highest BCUT2D eigenvalue weighted by atomic mass is 19.4. The number of carbonyl (C=O) groups is 2. The average Bonchev–Trinajstić information content (AvgIpc) is 2.14. The zero-order valence-electron chi connectivity index (χ0n) is 7.80. The van der Waals surface area contributed by atoms with Crippen LogP contribution >= 0.6 is 0 Å². The van der Waals surface area contributed by atoms with Crippen LogP contribution in [0.5, 0.6) is 0 Å². The number of aliphatic hydroxyl groups is 1. The smallest absolute Gasteiger partial charge is 0.469 e. The summed E-state index contributed by atoms with van der Waals surface area (Å²) in [7, 11) is 1.04. The van der Waals surface area contributed by atoms with E-state index in [-0.39, 0.29) is 0 Å². The number of aliphatic hydroxyl groups excluding tert-OH is 1. The van der Waals surface area contributed by atoms with Crippen LogP contribution < -0.4 is 5.32 Å². The van der Waals surface area contributed by atoms with Crippen LogP contribution in [0.2, 0.25) is 0 Å². The van der Waals surface area contributed by atoms with E-state index in [2.05, 4.69) is 4.74 Å². The highest BCUT2D eigenvalue weighted by Gasteiger charge is 2.39. The fraction of sp³-hybridized carbons (Fsp3) is 0.714. The number of esters is 1. The third kappa shape index (κ3) is 5.21. The molecule has 0 aliphatic carbocycles. The maximum Gasteiger partial charge on any atom is 0.471 e. The highest BCUT2D eigenvalue weighted by Crippen LogP contribution is 2.14. The van der Waals surface area contributed by atoms with Crippen molar-refractivity contribution < 1.29 is 32.6 Å². The first-order valence-electron chi connectivity index (χ1n) is 3.86. The van der Waals surface area contributed by atoms with Gasteiger partial charge in [-0.1, -0.05) is 0 Å². The summed E-state index contributed by atoms with van der Waals surface area (Å²) in [6.07, 6.45) is -5.56. The van der Waals surface area contributed by atoms with Crippen molar-refractivity contribution in [3.05, 3.63) is 0 Å². The molecule has 0 spiro atoms. The van der Waals surface area contributed by atoms with E-state index in [9.17, 15) is 22.8 Å². The first-order chi connectivity index (χ1) is 6.81. The number of hydrogen-bond acceptors (Lipinski definition) is 4. The number of alkyl halides is 3. The van der Waals surface area contributed by atoms with Gasteiger partial charge in [-0.05, 0) is 0 Å². The second-order valence-corrected chi connectivity index (χ2v) is 2.63. The molecule has 0 fully saturated rings. The Morgan fingerprint density at radius 3 is 2.33 bits per heavy atom. The van der Waals surface area contributed by atoms with Gasteiger partial charge >= 0.3 is 18.1 Å². The van der Waals surface area contributed by atoms with Gasteiger partial charge in [0.15, 0.2) is 0 Å². The van der Waals surface area contributed by atoms with E-state index in [0.717, 1.165) is 7.11 Å². The summed E-state index contributed by atoms with van der Waals surface area (Å²) in [5, 5.41) is 10.1. The molecule has 5 nitrogen and oxygen atoms in total. The van der Waals surface area contributed by atoms with Gasteiger partial charge in [0.1, 0.15) is 0 Å². The lowest BCUT2D eigenvalue weighted by Gasteiger charge is -2.15. The molecule has 0 bridgehead atoms. The van der Waals surface area contributed by atoms with Gasteiger partial charge in [-0.15, -0.1) is 0 Å². The van der Waals surface area contributed by atoms with Gasteiger partial charge < -0.3 is 15.2 Å². The maximum absolute atomic E-state index is 11.8. The van der Waals surface area contributed by atoms with Crippen molar-refractivity contribution in [3.63, 3.8) is 0 Å². The molecule has 2 N–H and O–H groups in total. The molecule has 0 aliphatic rings. The van der Waals surface area contributed by atoms with Gasteiger partial charge in [0.25, 0.3) is 0 Å². The van der Waals surface area contributed by atoms with Crippen LogP contribution in [-0.4, -0.2) is 42.9 Å². The fourth-order valence-electron chi connectivity index (χ4n) is 0.713. The molecule has 8 heteroatoms. The lowest BCUT2D eigenvalue weighted by atomic mass is 10.2. The Labute approximate surface area is 83.2 Å². The number of carbonyl (C=O) groups excluding carboxylic acids is 2. The van der Waals surface area contributed by atoms with Crippen molar-refractivity contribution >= 4 is 11.9 Å². The van der Waals surface area contributed by atoms with Crippen molar-refractivity contribution in [3.8, 4) is 0 Å². The molecule has 0 saturated heterocycles. The van der Waals surface area contributed by atoms with Crippen molar-refractivity contribution in [2.75, 3.05) is 13.7 Å². The van der Waals surface area contributed by atoms with Crippen LogP contribution in [-0.2, 0) is 14.3 Å². The number of ether oxygens (including phenoxy) is 1. The molecule has 0 aliphatic heterocycles. The van der Waals surface area contributed by atoms with E-state index in [1.807, 2.05) is 0 Å². The zero-order chi connectivity index (χ0) is 12.1. The monoisotopic (exact) mass is 229 g/mol. The topological polar surface area (TPSA) is 75.6 Å². The van der Waals surface area contributed by atoms with Gasteiger partial charge in [-0.2, -0.15) is 13.2 Å². The lowest BCUT2D eigenvalue weighted by Crippen LogP contribution is -2.45. The number of hydrogen-bond donors (Lipinski definition) is 2. The number of amides is 1. The molecule has 88 valence electrons. The van der Waals surface area contributed by atoms with E-state index in [1.54, 1.807) is 0 Å². The van der Waals surface area contributed by atoms with Gasteiger partial charge in [0.2, 0.25) is 0 Å². The minimum absolute atomic E-state index is 0.519. The number of halogens is 3. The van der Waals surface area contributed by atoms with Gasteiger partial charge in [-0.3, -0.25) is 9.59 Å². The van der Waals surface area contributed by atoms with E-state index in [1.165, 1.54) is 5.32 Å². The zero-order valence-corrected chi connectivity index (χ0v) is 7.80. The van der Waals surface area contributed by atoms with Crippen molar-refractivity contribution in [1.29, 1.82) is 0 Å². The number of rotatable bonds is 4. The summed E-state index contributed by atoms with van der Waals surface area (Å²) >= 11 is 0. The van der Waals surface area contributed by atoms with E-state index in [0.29, 0.717) is 0 Å². The van der Waals surface area contributed by atoms with Crippen LogP contribution in [0.4, 0.5) is 13.2 Å². The van der Waals surface area contributed by atoms with Crippen molar-refractivity contribution in [1.82, 2.24) is 5.32 Å². The molecule has 15 heavy (non-hydrogen) atoms. The molecule has 1 atom stereocenters. The Balaban J connectivity index is 4.22. The summed E-state index contributed by atoms with van der Waals surface area (Å²) in [4.78, 5) is 21.1. The quantitative estimate of drug-likeness (QED) is 0.642. The highest BCUT2D eigenvalue weighted by molar-refractivity contribution is 5.82. The molecular formula is C7H10F3NO4. The summed E-state index contributed by atoms with van der Waals surface area (Å²) in [5.74, 6) is -3.03. The first kappa shape index (κ1) is 13.7. The Morgan fingerprint density at radius 2 is 2.00 bits per heavy atom. The van der Waals surface area contributed by atoms with Crippen molar-refractivity contribution in [2.24, 2.45) is 0 Å². The van der Waals surface area contributed by atoms with E-state index < -0.39 is 37.1 Å². The largest absolute Gasteiger partial charge is 0.471 e. The predicted octanol–water partition coefficient (Wildman–Crippen LogP) is -0.411. The van der Waals surface area contributed by atoms with E-state index >= 15 is 0 Å². The van der Waals surface area contributed by atoms with Gasteiger partial charge in [0.05, 0.1) is 26.2 Å². The third-order valence-electron chi connectivity index (χ3n) is 1.45. The van der Waals surface area contributed by atoms with Crippen LogP contribution in [0.1, 0.15) is 6.42 Å². The molecule has 0 aromatic heterocycles. The number of methoxy groups -OCH3 is 1. The summed E-state index contributed by atoms with van der Waals surface area (Å²) < 4.78 is 39.4. The Morgan fingerprint density at radius 1 is 1.47 bits per heavy atom. The molecule has 0 saturated carbocycles. The summed E-state index contributed by atoms with van der Waals surface area (Å²) in [6.45, 7) is -0.781. The summed E-state index contributed by atoms with van der Waals surface area (Å²) in [6, 6.07) is -1.30. The second kappa shape index (κ2) is 5.54. The molecule has 0 rings (SSSR count). The van der Waals surface area contributed by atoms with Gasteiger partial charge in [0, 0.05) is 0 Å². The minimum Gasteiger partial charge on any atom is -0.469 e. The SMILES string of the molecule is COC(=O)C[C@H](CO)NC(=O)C(F)(F)F. The summed E-state index contributed by atoms with van der Waals surface area (Å²) in [5.41, 5.74) is 0. The predicted molar refractivity (Wildman–Crippen MR) is 41.7 cm³/mol. The van der Waals surface area contributed by atoms with E-state index in [4.69, 9.17) is 5.11 Å². The van der Waals surface area contributed by atoms with Crippen LogP contribution in [0.25, 0.3) is 0 Å². The standard InChI is InChI=1S/C7H10F3NO4/c1-15-5(13)2-4(3-12)11-6(14)7(8,9)10/h4,12H,2-3H2,1H3,(H,11,14)/t4-/m1/s1. The molecule has 0 unspecified atom stereocenters. The first-order valence-corrected chi connectivity index (χ1v) is 3.86. The maximum atomic E-state index is 11.8. The van der Waals surface area contributed by atoms with Crippen LogP contribution in [0.3, 0.4) is 0 Å².